The number of thiophene rings is 1. The number of benzene rings is 1. The summed E-state index contributed by atoms with van der Waals surface area (Å²) in [5.41, 5.74) is 2.39. The number of nitrogens with one attached hydrogen (secondary N) is 1. The number of esters is 1. The zero-order valence-corrected chi connectivity index (χ0v) is 25.5. The molecule has 0 bridgehead atoms. The van der Waals surface area contributed by atoms with Crippen molar-refractivity contribution < 1.29 is 28.6 Å². The zero-order chi connectivity index (χ0) is 28.6. The molecule has 1 aliphatic heterocycles. The standard InChI is InChI=1S/C29H34N2O6S3/c1-4-37-28(34)25-19-10-7-8-11-22(19)39-26(25)30-24(32)12-6-5-9-15-31-27(33)23(40-29(31)38)17-18-13-14-20(35-2)21(16-18)36-3/h13-14,16-17H,4-12,15H2,1-3H3,(H,30,32)/b23-17-. The molecule has 1 N–H and O–H groups in total. The molecule has 0 atom stereocenters. The summed E-state index contributed by atoms with van der Waals surface area (Å²) >= 11 is 8.24. The van der Waals surface area contributed by atoms with E-state index in [2.05, 4.69) is 5.32 Å². The van der Waals surface area contributed by atoms with E-state index >= 15 is 0 Å². The summed E-state index contributed by atoms with van der Waals surface area (Å²) in [7, 11) is 3.15. The Morgan fingerprint density at radius 3 is 2.62 bits per heavy atom. The lowest BCUT2D eigenvalue weighted by atomic mass is 9.95. The van der Waals surface area contributed by atoms with Crippen molar-refractivity contribution in [3.8, 4) is 11.5 Å². The number of methoxy groups -OCH3 is 2. The van der Waals surface area contributed by atoms with Gasteiger partial charge in [-0.25, -0.2) is 4.79 Å². The molecule has 2 heterocycles. The van der Waals surface area contributed by atoms with Gasteiger partial charge in [-0.2, -0.15) is 0 Å². The van der Waals surface area contributed by atoms with Gasteiger partial charge in [0.05, 0.1) is 31.3 Å². The van der Waals surface area contributed by atoms with Crippen molar-refractivity contribution in [2.45, 2.75) is 58.3 Å². The molecule has 0 spiro atoms. The van der Waals surface area contributed by atoms with Crippen LogP contribution in [0.1, 0.15) is 71.8 Å². The summed E-state index contributed by atoms with van der Waals surface area (Å²) in [6, 6.07) is 5.48. The number of amides is 2. The van der Waals surface area contributed by atoms with Gasteiger partial charge in [0.1, 0.15) is 9.32 Å². The number of carbonyl (C=O) groups is 3. The maximum absolute atomic E-state index is 13.0. The van der Waals surface area contributed by atoms with Gasteiger partial charge in [0.15, 0.2) is 11.5 Å². The third-order valence-electron chi connectivity index (χ3n) is 6.77. The number of aryl methyl sites for hydroxylation is 1. The number of hydrogen-bond donors (Lipinski definition) is 1. The number of unbranched alkanes of at least 4 members (excludes halogenated alkanes) is 2. The first-order chi connectivity index (χ1) is 19.4. The highest BCUT2D eigenvalue weighted by molar-refractivity contribution is 8.26. The maximum atomic E-state index is 13.0. The molecule has 1 aromatic carbocycles. The SMILES string of the molecule is CCOC(=O)c1c(NC(=O)CCCCCN2C(=O)/C(=C/c3ccc(OC)c(OC)c3)SC2=S)sc2c1CCCC2. The normalized spacial score (nSPS) is 15.8. The smallest absolute Gasteiger partial charge is 0.341 e. The predicted molar refractivity (Wildman–Crippen MR) is 163 cm³/mol. The van der Waals surface area contributed by atoms with Gasteiger partial charge >= 0.3 is 5.97 Å². The van der Waals surface area contributed by atoms with Crippen LogP contribution >= 0.6 is 35.3 Å². The molecule has 2 amide bonds. The molecule has 0 unspecified atom stereocenters. The Morgan fingerprint density at radius 2 is 1.88 bits per heavy atom. The summed E-state index contributed by atoms with van der Waals surface area (Å²) in [4.78, 5) is 41.7. The van der Waals surface area contributed by atoms with Crippen LogP contribution in [0.25, 0.3) is 6.08 Å². The Bertz CT molecular complexity index is 1320. The summed E-state index contributed by atoms with van der Waals surface area (Å²) in [6.07, 6.45) is 8.22. The molecule has 1 aromatic heterocycles. The molecular formula is C29H34N2O6S3. The van der Waals surface area contributed by atoms with E-state index in [0.717, 1.165) is 49.7 Å². The van der Waals surface area contributed by atoms with E-state index < -0.39 is 0 Å². The van der Waals surface area contributed by atoms with Crippen LogP contribution in [0.4, 0.5) is 5.00 Å². The number of anilines is 1. The van der Waals surface area contributed by atoms with Crippen molar-refractivity contribution in [3.05, 3.63) is 44.7 Å². The van der Waals surface area contributed by atoms with Gasteiger partial charge < -0.3 is 19.5 Å². The molecule has 214 valence electrons. The van der Waals surface area contributed by atoms with E-state index in [0.29, 0.717) is 57.3 Å². The van der Waals surface area contributed by atoms with Gasteiger partial charge in [0.2, 0.25) is 5.91 Å². The fourth-order valence-corrected chi connectivity index (χ4v) is 7.38. The Hall–Kier alpha value is -2.89. The fourth-order valence-electron chi connectivity index (χ4n) is 4.78. The molecule has 0 radical (unpaired) electrons. The van der Waals surface area contributed by atoms with Gasteiger partial charge in [-0.05, 0) is 74.8 Å². The minimum Gasteiger partial charge on any atom is -0.493 e. The quantitative estimate of drug-likeness (QED) is 0.132. The highest BCUT2D eigenvalue weighted by Crippen LogP contribution is 2.39. The van der Waals surface area contributed by atoms with Crippen LogP contribution in [0.15, 0.2) is 23.1 Å². The second kappa shape index (κ2) is 14.1. The Labute approximate surface area is 248 Å². The fraction of sp³-hybridized carbons (Fsp3) is 0.448. The molecule has 1 aliphatic carbocycles. The van der Waals surface area contributed by atoms with Crippen molar-refractivity contribution in [1.82, 2.24) is 4.90 Å². The molecular weight excluding hydrogens is 569 g/mol. The minimum absolute atomic E-state index is 0.115. The number of rotatable bonds is 12. The van der Waals surface area contributed by atoms with Crippen molar-refractivity contribution in [1.29, 1.82) is 0 Å². The Kier molecular flexibility index (Phi) is 10.6. The number of fused-ring (bicyclic) bond motifs is 1. The van der Waals surface area contributed by atoms with Crippen LogP contribution in [0.2, 0.25) is 0 Å². The molecule has 1 fully saturated rings. The largest absolute Gasteiger partial charge is 0.493 e. The molecule has 2 aromatic rings. The minimum atomic E-state index is -0.360. The summed E-state index contributed by atoms with van der Waals surface area (Å²) < 4.78 is 16.4. The number of nitrogens with zero attached hydrogens (tertiary/aromatic N) is 1. The molecule has 8 nitrogen and oxygen atoms in total. The van der Waals surface area contributed by atoms with Crippen molar-refractivity contribution in [2.24, 2.45) is 0 Å². The highest BCUT2D eigenvalue weighted by atomic mass is 32.2. The predicted octanol–water partition coefficient (Wildman–Crippen LogP) is 6.22. The van der Waals surface area contributed by atoms with E-state index in [1.807, 2.05) is 12.1 Å². The van der Waals surface area contributed by atoms with E-state index in [1.165, 1.54) is 28.0 Å². The van der Waals surface area contributed by atoms with Crippen LogP contribution in [0.5, 0.6) is 11.5 Å². The summed E-state index contributed by atoms with van der Waals surface area (Å²) in [5.74, 6) is 0.616. The molecule has 40 heavy (non-hydrogen) atoms. The Morgan fingerprint density at radius 1 is 1.10 bits per heavy atom. The second-order valence-electron chi connectivity index (χ2n) is 9.44. The van der Waals surface area contributed by atoms with Crippen LogP contribution < -0.4 is 14.8 Å². The lowest BCUT2D eigenvalue weighted by Gasteiger charge is -2.14. The van der Waals surface area contributed by atoms with E-state index in [9.17, 15) is 14.4 Å². The van der Waals surface area contributed by atoms with Gasteiger partial charge in [-0.15, -0.1) is 11.3 Å². The van der Waals surface area contributed by atoms with Gasteiger partial charge in [0, 0.05) is 17.8 Å². The maximum Gasteiger partial charge on any atom is 0.341 e. The lowest BCUT2D eigenvalue weighted by Crippen LogP contribution is -2.29. The molecule has 11 heteroatoms. The van der Waals surface area contributed by atoms with Gasteiger partial charge in [0.25, 0.3) is 5.91 Å². The molecule has 2 aliphatic rings. The average molecular weight is 603 g/mol. The number of hydrogen-bond acceptors (Lipinski definition) is 9. The highest BCUT2D eigenvalue weighted by Gasteiger charge is 2.31. The second-order valence-corrected chi connectivity index (χ2v) is 12.2. The topological polar surface area (TPSA) is 94.2 Å². The summed E-state index contributed by atoms with van der Waals surface area (Å²) in [6.45, 7) is 2.58. The van der Waals surface area contributed by atoms with Gasteiger partial charge in [-0.1, -0.05) is 36.5 Å². The van der Waals surface area contributed by atoms with Crippen LogP contribution in [-0.4, -0.2) is 54.4 Å². The summed E-state index contributed by atoms with van der Waals surface area (Å²) in [5, 5.41) is 3.57. The van der Waals surface area contributed by atoms with E-state index in [1.54, 1.807) is 38.2 Å². The average Bonchev–Trinajstić information content (AvgIpc) is 3.44. The number of thioether (sulfide) groups is 1. The Balaban J connectivity index is 1.26. The van der Waals surface area contributed by atoms with Crippen LogP contribution in [-0.2, 0) is 27.2 Å². The molecule has 1 saturated heterocycles. The third-order valence-corrected chi connectivity index (χ3v) is 9.35. The van der Waals surface area contributed by atoms with E-state index in [4.69, 9.17) is 26.4 Å². The first-order valence-corrected chi connectivity index (χ1v) is 15.5. The van der Waals surface area contributed by atoms with Crippen molar-refractivity contribution >= 4 is 68.5 Å². The number of carbonyl (C=O) groups excluding carboxylic acids is 3. The van der Waals surface area contributed by atoms with Crippen molar-refractivity contribution in [2.75, 3.05) is 32.7 Å². The monoisotopic (exact) mass is 602 g/mol. The van der Waals surface area contributed by atoms with Gasteiger partial charge in [-0.3, -0.25) is 14.5 Å². The molecule has 0 saturated carbocycles. The first kappa shape index (κ1) is 30.1. The third kappa shape index (κ3) is 7.05. The van der Waals surface area contributed by atoms with E-state index in [-0.39, 0.29) is 17.8 Å². The zero-order valence-electron chi connectivity index (χ0n) is 23.0. The van der Waals surface area contributed by atoms with Crippen molar-refractivity contribution in [3.63, 3.8) is 0 Å². The number of ether oxygens (including phenoxy) is 3. The molecule has 4 rings (SSSR count). The van der Waals surface area contributed by atoms with Crippen LogP contribution in [0, 0.1) is 0 Å². The lowest BCUT2D eigenvalue weighted by molar-refractivity contribution is -0.122. The van der Waals surface area contributed by atoms with Crippen LogP contribution in [0.3, 0.4) is 0 Å². The number of thiocarbonyl (C=S) groups is 1. The first-order valence-electron chi connectivity index (χ1n) is 13.4.